The van der Waals surface area contributed by atoms with Crippen LogP contribution >= 0.6 is 0 Å². The largest absolute Gasteiger partial charge is 0.444 e. The van der Waals surface area contributed by atoms with Gasteiger partial charge in [0.2, 0.25) is 0 Å². The average Bonchev–Trinajstić information content (AvgIpc) is 2.52. The zero-order chi connectivity index (χ0) is 17.6. The van der Waals surface area contributed by atoms with Crippen molar-refractivity contribution in [3.05, 3.63) is 35.9 Å². The lowest BCUT2D eigenvalue weighted by Gasteiger charge is -2.39. The molecule has 0 spiro atoms. The molecule has 1 aliphatic heterocycles. The van der Waals surface area contributed by atoms with E-state index in [1.165, 1.54) is 5.56 Å². The molecule has 2 rings (SSSR count). The lowest BCUT2D eigenvalue weighted by Crippen LogP contribution is -2.51. The molecule has 0 N–H and O–H groups in total. The molecule has 1 amide bonds. The van der Waals surface area contributed by atoms with Crippen LogP contribution in [0.25, 0.3) is 0 Å². The van der Waals surface area contributed by atoms with E-state index >= 15 is 0 Å². The summed E-state index contributed by atoms with van der Waals surface area (Å²) in [5.41, 5.74) is 0.888. The first-order valence-electron chi connectivity index (χ1n) is 9.15. The summed E-state index contributed by atoms with van der Waals surface area (Å²) >= 11 is 0. The van der Waals surface area contributed by atoms with Gasteiger partial charge in [0.05, 0.1) is 0 Å². The number of piperidine rings is 1. The second-order valence-electron chi connectivity index (χ2n) is 7.69. The van der Waals surface area contributed by atoms with Crippen molar-refractivity contribution in [3.8, 4) is 0 Å². The van der Waals surface area contributed by atoms with E-state index in [0.29, 0.717) is 0 Å². The summed E-state index contributed by atoms with van der Waals surface area (Å²) in [5, 5.41) is 0. The monoisotopic (exact) mass is 332 g/mol. The highest BCUT2D eigenvalue weighted by Crippen LogP contribution is 2.21. The predicted octanol–water partition coefficient (Wildman–Crippen LogP) is 4.30. The van der Waals surface area contributed by atoms with Crippen LogP contribution in [0.5, 0.6) is 0 Å². The zero-order valence-corrected chi connectivity index (χ0v) is 15.6. The average molecular weight is 332 g/mol. The minimum atomic E-state index is -0.443. The lowest BCUT2D eigenvalue weighted by molar-refractivity contribution is 0.00570. The van der Waals surface area contributed by atoms with Gasteiger partial charge in [0.25, 0.3) is 0 Å². The van der Waals surface area contributed by atoms with Gasteiger partial charge in [-0.2, -0.15) is 0 Å². The van der Waals surface area contributed by atoms with Gasteiger partial charge in [-0.1, -0.05) is 37.3 Å². The molecule has 0 radical (unpaired) electrons. The van der Waals surface area contributed by atoms with Crippen LogP contribution in [0.4, 0.5) is 4.79 Å². The molecule has 1 aromatic carbocycles. The molecule has 1 unspecified atom stereocenters. The number of likely N-dealkylation sites (tertiary alicyclic amines) is 1. The van der Waals surface area contributed by atoms with Gasteiger partial charge in [0.1, 0.15) is 5.60 Å². The zero-order valence-electron chi connectivity index (χ0n) is 15.6. The smallest absolute Gasteiger partial charge is 0.410 e. The Balaban J connectivity index is 2.00. The van der Waals surface area contributed by atoms with E-state index in [4.69, 9.17) is 4.74 Å². The standard InChI is InChI=1S/C20H32N2O2/c1-5-13-22(19(23)24-20(2,3)4)18-12-9-14-21(16-18)15-17-10-7-6-8-11-17/h6-8,10-11,18H,5,9,12-16H2,1-4H3. The number of amides is 1. The molecule has 1 saturated heterocycles. The first-order chi connectivity index (χ1) is 11.4. The molecule has 0 bridgehead atoms. The third kappa shape index (κ3) is 5.82. The van der Waals surface area contributed by atoms with Gasteiger partial charge in [-0.15, -0.1) is 0 Å². The Morgan fingerprint density at radius 3 is 2.62 bits per heavy atom. The van der Waals surface area contributed by atoms with E-state index < -0.39 is 5.60 Å². The van der Waals surface area contributed by atoms with Crippen molar-refractivity contribution < 1.29 is 9.53 Å². The maximum Gasteiger partial charge on any atom is 0.410 e. The van der Waals surface area contributed by atoms with Gasteiger partial charge in [0, 0.05) is 25.7 Å². The van der Waals surface area contributed by atoms with Crippen molar-refractivity contribution in [1.82, 2.24) is 9.80 Å². The number of nitrogens with zero attached hydrogens (tertiary/aromatic N) is 2. The topological polar surface area (TPSA) is 32.8 Å². The Morgan fingerprint density at radius 1 is 1.29 bits per heavy atom. The predicted molar refractivity (Wildman–Crippen MR) is 98.0 cm³/mol. The molecule has 1 fully saturated rings. The van der Waals surface area contributed by atoms with Crippen LogP contribution in [0.3, 0.4) is 0 Å². The lowest BCUT2D eigenvalue weighted by atomic mass is 10.0. The van der Waals surface area contributed by atoms with E-state index in [1.807, 2.05) is 31.7 Å². The van der Waals surface area contributed by atoms with Crippen molar-refractivity contribution in [3.63, 3.8) is 0 Å². The molecule has 1 heterocycles. The Morgan fingerprint density at radius 2 is 2.00 bits per heavy atom. The minimum Gasteiger partial charge on any atom is -0.444 e. The summed E-state index contributed by atoms with van der Waals surface area (Å²) < 4.78 is 5.63. The summed E-state index contributed by atoms with van der Waals surface area (Å²) in [6.45, 7) is 11.6. The summed E-state index contributed by atoms with van der Waals surface area (Å²) in [5.74, 6) is 0. The molecule has 1 aromatic rings. The maximum atomic E-state index is 12.6. The molecule has 4 nitrogen and oxygen atoms in total. The Kier molecular flexibility index (Phi) is 6.67. The second-order valence-corrected chi connectivity index (χ2v) is 7.69. The van der Waals surface area contributed by atoms with Gasteiger partial charge in [-0.05, 0) is 52.1 Å². The van der Waals surface area contributed by atoms with Crippen LogP contribution in [0.2, 0.25) is 0 Å². The number of hydrogen-bond donors (Lipinski definition) is 0. The fourth-order valence-electron chi connectivity index (χ4n) is 3.26. The highest BCUT2D eigenvalue weighted by Gasteiger charge is 2.31. The molecule has 1 aliphatic rings. The summed E-state index contributed by atoms with van der Waals surface area (Å²) in [6.07, 6.45) is 2.97. The highest BCUT2D eigenvalue weighted by molar-refractivity contribution is 5.68. The summed E-state index contributed by atoms with van der Waals surface area (Å²) in [4.78, 5) is 17.0. The molecule has 4 heteroatoms. The van der Waals surface area contributed by atoms with Crippen molar-refractivity contribution >= 4 is 6.09 Å². The molecule has 0 aliphatic carbocycles. The number of ether oxygens (including phenoxy) is 1. The van der Waals surface area contributed by atoms with Crippen LogP contribution in [0.1, 0.15) is 52.5 Å². The fraction of sp³-hybridized carbons (Fsp3) is 0.650. The van der Waals surface area contributed by atoms with E-state index in [2.05, 4.69) is 36.1 Å². The van der Waals surface area contributed by atoms with E-state index in [9.17, 15) is 4.79 Å². The number of carbonyl (C=O) groups excluding carboxylic acids is 1. The van der Waals surface area contributed by atoms with Crippen LogP contribution in [0, 0.1) is 0 Å². The van der Waals surface area contributed by atoms with Crippen molar-refractivity contribution in [2.75, 3.05) is 19.6 Å². The summed E-state index contributed by atoms with van der Waals surface area (Å²) in [6, 6.07) is 10.8. The van der Waals surface area contributed by atoms with Crippen molar-refractivity contribution in [1.29, 1.82) is 0 Å². The van der Waals surface area contributed by atoms with Crippen LogP contribution in [0.15, 0.2) is 30.3 Å². The maximum absolute atomic E-state index is 12.6. The van der Waals surface area contributed by atoms with E-state index in [0.717, 1.165) is 45.4 Å². The Bertz CT molecular complexity index is 510. The Labute approximate surface area is 146 Å². The van der Waals surface area contributed by atoms with Gasteiger partial charge >= 0.3 is 6.09 Å². The molecular weight excluding hydrogens is 300 g/mol. The number of carbonyl (C=O) groups is 1. The van der Waals surface area contributed by atoms with Crippen molar-refractivity contribution in [2.24, 2.45) is 0 Å². The quantitative estimate of drug-likeness (QED) is 0.806. The SMILES string of the molecule is CCCN(C(=O)OC(C)(C)C)C1CCCN(Cc2ccccc2)C1. The molecule has 24 heavy (non-hydrogen) atoms. The first-order valence-corrected chi connectivity index (χ1v) is 9.15. The van der Waals surface area contributed by atoms with E-state index in [-0.39, 0.29) is 12.1 Å². The molecule has 0 saturated carbocycles. The molecule has 1 atom stereocenters. The van der Waals surface area contributed by atoms with E-state index in [1.54, 1.807) is 0 Å². The molecule has 0 aromatic heterocycles. The van der Waals surface area contributed by atoms with Gasteiger partial charge < -0.3 is 9.64 Å². The fourth-order valence-corrected chi connectivity index (χ4v) is 3.26. The van der Waals surface area contributed by atoms with Crippen LogP contribution < -0.4 is 0 Å². The van der Waals surface area contributed by atoms with Crippen molar-refractivity contribution in [2.45, 2.75) is 65.1 Å². The Hall–Kier alpha value is -1.55. The molecule has 134 valence electrons. The van der Waals surface area contributed by atoms with Crippen LogP contribution in [-0.2, 0) is 11.3 Å². The summed E-state index contributed by atoms with van der Waals surface area (Å²) in [7, 11) is 0. The van der Waals surface area contributed by atoms with Gasteiger partial charge in [0.15, 0.2) is 0 Å². The second kappa shape index (κ2) is 8.52. The normalized spacial score (nSPS) is 19.1. The number of benzene rings is 1. The van der Waals surface area contributed by atoms with Crippen LogP contribution in [-0.4, -0.2) is 47.2 Å². The number of hydrogen-bond acceptors (Lipinski definition) is 3. The van der Waals surface area contributed by atoms with Gasteiger partial charge in [-0.25, -0.2) is 4.79 Å². The molecular formula is C20H32N2O2. The third-order valence-corrected chi connectivity index (χ3v) is 4.26. The highest BCUT2D eigenvalue weighted by atomic mass is 16.6. The first kappa shape index (κ1) is 18.8. The third-order valence-electron chi connectivity index (χ3n) is 4.26. The number of rotatable bonds is 5. The van der Waals surface area contributed by atoms with Gasteiger partial charge in [-0.3, -0.25) is 4.90 Å². The minimum absolute atomic E-state index is 0.170.